The van der Waals surface area contributed by atoms with E-state index in [0.29, 0.717) is 0 Å². The number of aliphatic imine (C=N–C) groups is 1. The summed E-state index contributed by atoms with van der Waals surface area (Å²) < 4.78 is 0. The highest BCUT2D eigenvalue weighted by Crippen LogP contribution is 2.03. The van der Waals surface area contributed by atoms with Crippen LogP contribution in [0.3, 0.4) is 0 Å². The molecule has 1 unspecified atom stereocenters. The SMILES string of the molecule is CC(C#N)CCCN=Cc1ccccc1. The van der Waals surface area contributed by atoms with Crippen molar-refractivity contribution in [2.24, 2.45) is 10.9 Å². The lowest BCUT2D eigenvalue weighted by Crippen LogP contribution is -1.92. The van der Waals surface area contributed by atoms with Crippen LogP contribution in [0.15, 0.2) is 35.3 Å². The van der Waals surface area contributed by atoms with E-state index in [0.717, 1.165) is 24.9 Å². The lowest BCUT2D eigenvalue weighted by molar-refractivity contribution is 0.625. The van der Waals surface area contributed by atoms with E-state index in [1.165, 1.54) is 0 Å². The van der Waals surface area contributed by atoms with E-state index in [9.17, 15) is 0 Å². The highest BCUT2D eigenvalue weighted by atomic mass is 14.7. The first-order chi connectivity index (χ1) is 7.33. The van der Waals surface area contributed by atoms with Crippen LogP contribution in [0.1, 0.15) is 25.3 Å². The maximum Gasteiger partial charge on any atom is 0.0652 e. The molecule has 0 saturated heterocycles. The van der Waals surface area contributed by atoms with Gasteiger partial charge in [-0.1, -0.05) is 30.3 Å². The molecule has 0 fully saturated rings. The molecule has 1 aromatic carbocycles. The molecular formula is C13H16N2. The smallest absolute Gasteiger partial charge is 0.0652 e. The average molecular weight is 200 g/mol. The van der Waals surface area contributed by atoms with Crippen LogP contribution in [0.4, 0.5) is 0 Å². The molecule has 1 atom stereocenters. The molecule has 1 aromatic rings. The maximum absolute atomic E-state index is 8.58. The van der Waals surface area contributed by atoms with E-state index >= 15 is 0 Å². The van der Waals surface area contributed by atoms with Crippen molar-refractivity contribution in [1.82, 2.24) is 0 Å². The Labute approximate surface area is 91.3 Å². The molecule has 0 heterocycles. The Balaban J connectivity index is 2.21. The van der Waals surface area contributed by atoms with Crippen LogP contribution in [0, 0.1) is 17.2 Å². The second kappa shape index (κ2) is 6.78. The van der Waals surface area contributed by atoms with Crippen molar-refractivity contribution in [3.63, 3.8) is 0 Å². The number of benzene rings is 1. The van der Waals surface area contributed by atoms with Gasteiger partial charge in [0.25, 0.3) is 0 Å². The predicted molar refractivity (Wildman–Crippen MR) is 62.9 cm³/mol. The van der Waals surface area contributed by atoms with Gasteiger partial charge in [0.05, 0.1) is 6.07 Å². The molecule has 0 saturated carbocycles. The second-order valence-corrected chi connectivity index (χ2v) is 3.62. The van der Waals surface area contributed by atoms with Crippen LogP contribution in [0.25, 0.3) is 0 Å². The van der Waals surface area contributed by atoms with Gasteiger partial charge in [-0.3, -0.25) is 4.99 Å². The summed E-state index contributed by atoms with van der Waals surface area (Å²) in [5.41, 5.74) is 1.13. The highest BCUT2D eigenvalue weighted by Gasteiger charge is 1.96. The second-order valence-electron chi connectivity index (χ2n) is 3.62. The molecular weight excluding hydrogens is 184 g/mol. The van der Waals surface area contributed by atoms with Crippen molar-refractivity contribution < 1.29 is 0 Å². The molecule has 0 spiro atoms. The third-order valence-corrected chi connectivity index (χ3v) is 2.18. The summed E-state index contributed by atoms with van der Waals surface area (Å²) in [5.74, 6) is 0.150. The number of hydrogen-bond donors (Lipinski definition) is 0. The minimum absolute atomic E-state index is 0.150. The van der Waals surface area contributed by atoms with Gasteiger partial charge in [-0.25, -0.2) is 0 Å². The van der Waals surface area contributed by atoms with Crippen molar-refractivity contribution in [2.45, 2.75) is 19.8 Å². The lowest BCUT2D eigenvalue weighted by Gasteiger charge is -1.98. The van der Waals surface area contributed by atoms with Crippen molar-refractivity contribution in [3.05, 3.63) is 35.9 Å². The van der Waals surface area contributed by atoms with Gasteiger partial charge in [-0.05, 0) is 25.3 Å². The molecule has 0 radical (unpaired) electrons. The summed E-state index contributed by atoms with van der Waals surface area (Å²) in [6, 6.07) is 12.3. The molecule has 2 heteroatoms. The van der Waals surface area contributed by atoms with E-state index in [4.69, 9.17) is 5.26 Å². The highest BCUT2D eigenvalue weighted by molar-refractivity contribution is 5.79. The molecule has 0 aliphatic heterocycles. The zero-order valence-corrected chi connectivity index (χ0v) is 9.06. The van der Waals surface area contributed by atoms with Crippen molar-refractivity contribution in [1.29, 1.82) is 5.26 Å². The fourth-order valence-electron chi connectivity index (χ4n) is 1.26. The minimum Gasteiger partial charge on any atom is -0.293 e. The largest absolute Gasteiger partial charge is 0.293 e. The van der Waals surface area contributed by atoms with Crippen LogP contribution < -0.4 is 0 Å². The first kappa shape index (κ1) is 11.5. The van der Waals surface area contributed by atoms with Gasteiger partial charge in [0, 0.05) is 18.7 Å². The molecule has 78 valence electrons. The fraction of sp³-hybridized carbons (Fsp3) is 0.385. The number of nitriles is 1. The molecule has 0 N–H and O–H groups in total. The molecule has 2 nitrogen and oxygen atoms in total. The summed E-state index contributed by atoms with van der Waals surface area (Å²) in [7, 11) is 0. The summed E-state index contributed by atoms with van der Waals surface area (Å²) in [4.78, 5) is 4.31. The van der Waals surface area contributed by atoms with Gasteiger partial charge < -0.3 is 0 Å². The Hall–Kier alpha value is -1.62. The van der Waals surface area contributed by atoms with Gasteiger partial charge in [0.15, 0.2) is 0 Å². The standard InChI is InChI=1S/C13H16N2/c1-12(10-14)6-5-9-15-11-13-7-3-2-4-8-13/h2-4,7-8,11-12H,5-6,9H2,1H3. The van der Waals surface area contributed by atoms with Crippen molar-refractivity contribution in [2.75, 3.05) is 6.54 Å². The Morgan fingerprint density at radius 3 is 2.80 bits per heavy atom. The predicted octanol–water partition coefficient (Wildman–Crippen LogP) is 3.05. The summed E-state index contributed by atoms with van der Waals surface area (Å²) in [6.07, 6.45) is 3.80. The maximum atomic E-state index is 8.58. The molecule has 0 amide bonds. The zero-order valence-electron chi connectivity index (χ0n) is 9.06. The monoisotopic (exact) mass is 200 g/mol. The van der Waals surface area contributed by atoms with Crippen LogP contribution in [0.5, 0.6) is 0 Å². The van der Waals surface area contributed by atoms with Crippen LogP contribution in [-0.2, 0) is 0 Å². The Morgan fingerprint density at radius 2 is 2.13 bits per heavy atom. The minimum atomic E-state index is 0.150. The molecule has 0 aliphatic rings. The van der Waals surface area contributed by atoms with Gasteiger partial charge in [-0.15, -0.1) is 0 Å². The lowest BCUT2D eigenvalue weighted by atomic mass is 10.1. The first-order valence-electron chi connectivity index (χ1n) is 5.27. The summed E-state index contributed by atoms with van der Waals surface area (Å²) in [5, 5.41) is 8.58. The van der Waals surface area contributed by atoms with Gasteiger partial charge in [0.1, 0.15) is 0 Å². The fourth-order valence-corrected chi connectivity index (χ4v) is 1.26. The normalized spacial score (nSPS) is 12.5. The third kappa shape index (κ3) is 4.97. The van der Waals surface area contributed by atoms with Crippen molar-refractivity contribution in [3.8, 4) is 6.07 Å². The molecule has 1 rings (SSSR count). The van der Waals surface area contributed by atoms with Gasteiger partial charge in [-0.2, -0.15) is 5.26 Å². The third-order valence-electron chi connectivity index (χ3n) is 2.18. The van der Waals surface area contributed by atoms with Crippen LogP contribution in [-0.4, -0.2) is 12.8 Å². The van der Waals surface area contributed by atoms with Gasteiger partial charge in [0.2, 0.25) is 0 Å². The Bertz CT molecular complexity index is 335. The quantitative estimate of drug-likeness (QED) is 0.531. The summed E-state index contributed by atoms with van der Waals surface area (Å²) >= 11 is 0. The van der Waals surface area contributed by atoms with E-state index in [1.54, 1.807) is 0 Å². The number of hydrogen-bond acceptors (Lipinski definition) is 2. The molecule has 0 aromatic heterocycles. The molecule has 0 aliphatic carbocycles. The molecule has 0 bridgehead atoms. The van der Waals surface area contributed by atoms with Gasteiger partial charge >= 0.3 is 0 Å². The van der Waals surface area contributed by atoms with E-state index in [1.807, 2.05) is 43.5 Å². The van der Waals surface area contributed by atoms with E-state index < -0.39 is 0 Å². The first-order valence-corrected chi connectivity index (χ1v) is 5.27. The van der Waals surface area contributed by atoms with Crippen molar-refractivity contribution >= 4 is 6.21 Å². The average Bonchev–Trinajstić information content (AvgIpc) is 2.29. The number of rotatable bonds is 5. The molecule has 15 heavy (non-hydrogen) atoms. The Kier molecular flexibility index (Phi) is 5.18. The van der Waals surface area contributed by atoms with E-state index in [2.05, 4.69) is 11.1 Å². The Morgan fingerprint density at radius 1 is 1.40 bits per heavy atom. The zero-order chi connectivity index (χ0) is 10.9. The summed E-state index contributed by atoms with van der Waals surface area (Å²) in [6.45, 7) is 2.75. The van der Waals surface area contributed by atoms with Crippen LogP contribution >= 0.6 is 0 Å². The topological polar surface area (TPSA) is 36.1 Å². The number of nitrogens with zero attached hydrogens (tertiary/aromatic N) is 2. The van der Waals surface area contributed by atoms with E-state index in [-0.39, 0.29) is 5.92 Å². The van der Waals surface area contributed by atoms with Crippen LogP contribution in [0.2, 0.25) is 0 Å².